The van der Waals surface area contributed by atoms with Crippen molar-refractivity contribution in [1.82, 2.24) is 0 Å². The van der Waals surface area contributed by atoms with Crippen LogP contribution in [0.3, 0.4) is 0 Å². The van der Waals surface area contributed by atoms with E-state index in [9.17, 15) is 18.0 Å². The molecule has 0 heterocycles. The summed E-state index contributed by atoms with van der Waals surface area (Å²) < 4.78 is 37.9. The standard InChI is InChI=1S/C10H6F3NO/c1-5(15)9-7(4-14)6(10(12)13)2-3-8(9)11/h2-3,10H,1H3. The molecule has 0 aromatic heterocycles. The van der Waals surface area contributed by atoms with Gasteiger partial charge in [0.2, 0.25) is 0 Å². The molecule has 0 amide bonds. The predicted molar refractivity (Wildman–Crippen MR) is 46.1 cm³/mol. The predicted octanol–water partition coefficient (Wildman–Crippen LogP) is 2.84. The van der Waals surface area contributed by atoms with Gasteiger partial charge in [-0.3, -0.25) is 4.79 Å². The van der Waals surface area contributed by atoms with E-state index >= 15 is 0 Å². The lowest BCUT2D eigenvalue weighted by molar-refractivity contribution is 0.101. The molecule has 2 nitrogen and oxygen atoms in total. The number of hydrogen-bond donors (Lipinski definition) is 0. The molecule has 0 bridgehead atoms. The van der Waals surface area contributed by atoms with E-state index < -0.39 is 34.7 Å². The molecular formula is C10H6F3NO. The second kappa shape index (κ2) is 4.13. The first-order valence-electron chi connectivity index (χ1n) is 4.00. The third-order valence-electron chi connectivity index (χ3n) is 1.89. The van der Waals surface area contributed by atoms with Gasteiger partial charge in [0, 0.05) is 5.56 Å². The first-order valence-corrected chi connectivity index (χ1v) is 4.00. The summed E-state index contributed by atoms with van der Waals surface area (Å²) in [5.74, 6) is -1.70. The molecule has 1 aromatic rings. The van der Waals surface area contributed by atoms with Crippen molar-refractivity contribution >= 4 is 5.78 Å². The van der Waals surface area contributed by atoms with E-state index in [0.717, 1.165) is 19.1 Å². The quantitative estimate of drug-likeness (QED) is 0.708. The van der Waals surface area contributed by atoms with Gasteiger partial charge < -0.3 is 0 Å². The molecule has 5 heteroatoms. The minimum atomic E-state index is -2.90. The van der Waals surface area contributed by atoms with Gasteiger partial charge in [0.1, 0.15) is 11.9 Å². The van der Waals surface area contributed by atoms with Gasteiger partial charge in [-0.25, -0.2) is 13.2 Å². The highest BCUT2D eigenvalue weighted by molar-refractivity contribution is 5.97. The summed E-state index contributed by atoms with van der Waals surface area (Å²) in [7, 11) is 0. The number of alkyl halides is 2. The van der Waals surface area contributed by atoms with Crippen LogP contribution in [-0.2, 0) is 0 Å². The summed E-state index contributed by atoms with van der Waals surface area (Å²) in [6.07, 6.45) is -2.90. The Morgan fingerprint density at radius 2 is 2.07 bits per heavy atom. The zero-order chi connectivity index (χ0) is 11.6. The minimum Gasteiger partial charge on any atom is -0.294 e. The lowest BCUT2D eigenvalue weighted by Crippen LogP contribution is -2.05. The van der Waals surface area contributed by atoms with E-state index in [1.54, 1.807) is 0 Å². The molecule has 0 aliphatic carbocycles. The Balaban J connectivity index is 3.56. The average molecular weight is 213 g/mol. The summed E-state index contributed by atoms with van der Waals surface area (Å²) in [4.78, 5) is 11.0. The van der Waals surface area contributed by atoms with Gasteiger partial charge in [0.15, 0.2) is 5.78 Å². The van der Waals surface area contributed by atoms with Crippen LogP contribution in [-0.4, -0.2) is 5.78 Å². The Morgan fingerprint density at radius 1 is 1.47 bits per heavy atom. The van der Waals surface area contributed by atoms with Crippen LogP contribution < -0.4 is 0 Å². The summed E-state index contributed by atoms with van der Waals surface area (Å²) in [6.45, 7) is 1.02. The molecule has 0 aliphatic rings. The molecule has 1 aromatic carbocycles. The highest BCUT2D eigenvalue weighted by Gasteiger charge is 2.21. The van der Waals surface area contributed by atoms with Crippen molar-refractivity contribution < 1.29 is 18.0 Å². The summed E-state index contributed by atoms with van der Waals surface area (Å²) in [6, 6.07) is 3.00. The molecule has 15 heavy (non-hydrogen) atoms. The van der Waals surface area contributed by atoms with E-state index in [-0.39, 0.29) is 0 Å². The van der Waals surface area contributed by atoms with Gasteiger partial charge in [-0.1, -0.05) is 0 Å². The maximum absolute atomic E-state index is 13.1. The number of halogens is 3. The van der Waals surface area contributed by atoms with E-state index in [2.05, 4.69) is 0 Å². The Labute approximate surface area is 83.9 Å². The average Bonchev–Trinajstić information content (AvgIpc) is 2.15. The number of nitrogens with zero attached hydrogens (tertiary/aromatic N) is 1. The molecule has 0 aliphatic heterocycles. The number of rotatable bonds is 2. The molecule has 0 N–H and O–H groups in total. The summed E-state index contributed by atoms with van der Waals surface area (Å²) >= 11 is 0. The molecule has 0 radical (unpaired) electrons. The zero-order valence-electron chi connectivity index (χ0n) is 7.72. The van der Waals surface area contributed by atoms with E-state index in [1.807, 2.05) is 0 Å². The molecule has 0 spiro atoms. The number of nitriles is 1. The molecule has 0 unspecified atom stereocenters. The van der Waals surface area contributed by atoms with Crippen LogP contribution >= 0.6 is 0 Å². The van der Waals surface area contributed by atoms with E-state index in [1.165, 1.54) is 6.07 Å². The Hall–Kier alpha value is -1.83. The second-order valence-electron chi connectivity index (χ2n) is 2.86. The smallest absolute Gasteiger partial charge is 0.265 e. The van der Waals surface area contributed by atoms with Gasteiger partial charge in [-0.2, -0.15) is 5.26 Å². The van der Waals surface area contributed by atoms with Crippen molar-refractivity contribution in [2.24, 2.45) is 0 Å². The number of hydrogen-bond acceptors (Lipinski definition) is 2. The first-order chi connectivity index (χ1) is 6.99. The summed E-state index contributed by atoms with van der Waals surface area (Å²) in [5, 5.41) is 8.62. The van der Waals surface area contributed by atoms with Crippen LogP contribution in [0.2, 0.25) is 0 Å². The third kappa shape index (κ3) is 1.99. The number of ketones is 1. The van der Waals surface area contributed by atoms with E-state index in [4.69, 9.17) is 5.26 Å². The number of benzene rings is 1. The van der Waals surface area contributed by atoms with Crippen molar-refractivity contribution in [3.63, 3.8) is 0 Å². The van der Waals surface area contributed by atoms with Gasteiger partial charge in [0.25, 0.3) is 6.43 Å². The fourth-order valence-corrected chi connectivity index (χ4v) is 1.24. The highest BCUT2D eigenvalue weighted by atomic mass is 19.3. The van der Waals surface area contributed by atoms with Crippen molar-refractivity contribution in [3.8, 4) is 6.07 Å². The van der Waals surface area contributed by atoms with Crippen LogP contribution in [0.15, 0.2) is 12.1 Å². The molecule has 0 atom stereocenters. The van der Waals surface area contributed by atoms with Gasteiger partial charge in [0.05, 0.1) is 11.1 Å². The number of Topliss-reactive ketones (excluding diaryl/α,β-unsaturated/α-hetero) is 1. The largest absolute Gasteiger partial charge is 0.294 e. The fraction of sp³-hybridized carbons (Fsp3) is 0.200. The molecule has 0 fully saturated rings. The van der Waals surface area contributed by atoms with Crippen molar-refractivity contribution in [2.75, 3.05) is 0 Å². The first kappa shape index (κ1) is 11.2. The van der Waals surface area contributed by atoms with Crippen molar-refractivity contribution in [2.45, 2.75) is 13.3 Å². The third-order valence-corrected chi connectivity index (χ3v) is 1.89. The van der Waals surface area contributed by atoms with Crippen molar-refractivity contribution in [1.29, 1.82) is 5.26 Å². The van der Waals surface area contributed by atoms with Crippen LogP contribution in [0.25, 0.3) is 0 Å². The maximum Gasteiger partial charge on any atom is 0.265 e. The summed E-state index contributed by atoms with van der Waals surface area (Å²) in [5.41, 5.74) is -1.78. The van der Waals surface area contributed by atoms with Crippen LogP contribution in [0.4, 0.5) is 13.2 Å². The van der Waals surface area contributed by atoms with Gasteiger partial charge in [-0.05, 0) is 19.1 Å². The lowest BCUT2D eigenvalue weighted by atomic mass is 9.99. The lowest BCUT2D eigenvalue weighted by Gasteiger charge is -2.07. The highest BCUT2D eigenvalue weighted by Crippen LogP contribution is 2.26. The Kier molecular flexibility index (Phi) is 3.10. The van der Waals surface area contributed by atoms with Gasteiger partial charge in [-0.15, -0.1) is 0 Å². The second-order valence-corrected chi connectivity index (χ2v) is 2.86. The maximum atomic E-state index is 13.1. The number of carbonyl (C=O) groups is 1. The zero-order valence-corrected chi connectivity index (χ0v) is 7.72. The molecule has 78 valence electrons. The van der Waals surface area contributed by atoms with Gasteiger partial charge >= 0.3 is 0 Å². The monoisotopic (exact) mass is 213 g/mol. The minimum absolute atomic E-state index is 0.574. The van der Waals surface area contributed by atoms with Crippen LogP contribution in [0.1, 0.15) is 34.8 Å². The SMILES string of the molecule is CC(=O)c1c(F)ccc(C(F)F)c1C#N. The fourth-order valence-electron chi connectivity index (χ4n) is 1.24. The molecule has 0 saturated heterocycles. The Bertz CT molecular complexity index is 449. The normalized spacial score (nSPS) is 10.1. The van der Waals surface area contributed by atoms with Crippen LogP contribution in [0.5, 0.6) is 0 Å². The van der Waals surface area contributed by atoms with Crippen molar-refractivity contribution in [3.05, 3.63) is 34.6 Å². The molecule has 1 rings (SSSR count). The van der Waals surface area contributed by atoms with Crippen LogP contribution in [0, 0.1) is 17.1 Å². The topological polar surface area (TPSA) is 40.9 Å². The molecular weight excluding hydrogens is 207 g/mol. The Morgan fingerprint density at radius 3 is 2.47 bits per heavy atom. The molecule has 0 saturated carbocycles. The van der Waals surface area contributed by atoms with E-state index in [0.29, 0.717) is 0 Å². The number of carbonyl (C=O) groups excluding carboxylic acids is 1.